The van der Waals surface area contributed by atoms with Gasteiger partial charge in [0, 0.05) is 10.8 Å². The van der Waals surface area contributed by atoms with Gasteiger partial charge in [-0.25, -0.2) is 0 Å². The van der Waals surface area contributed by atoms with Gasteiger partial charge in [-0.2, -0.15) is 0 Å². The van der Waals surface area contributed by atoms with Crippen LogP contribution in [0.1, 0.15) is 61.1 Å². The van der Waals surface area contributed by atoms with Gasteiger partial charge in [0.1, 0.15) is 0 Å². The van der Waals surface area contributed by atoms with Gasteiger partial charge in [0.25, 0.3) is 0 Å². The molecule has 3 rings (SSSR count). The van der Waals surface area contributed by atoms with Crippen LogP contribution >= 0.6 is 0 Å². The molecule has 0 heterocycles. The van der Waals surface area contributed by atoms with Crippen molar-refractivity contribution in [3.63, 3.8) is 0 Å². The molecule has 0 aliphatic heterocycles. The van der Waals surface area contributed by atoms with Gasteiger partial charge < -0.3 is 0 Å². The third kappa shape index (κ3) is 3.46. The number of rotatable bonds is 4. The van der Waals surface area contributed by atoms with Gasteiger partial charge in [0.15, 0.2) is 0 Å². The van der Waals surface area contributed by atoms with Crippen molar-refractivity contribution >= 4 is 0 Å². The van der Waals surface area contributed by atoms with E-state index < -0.39 is 0 Å². The number of hydrogen-bond acceptors (Lipinski definition) is 0. The van der Waals surface area contributed by atoms with Gasteiger partial charge >= 0.3 is 0 Å². The lowest BCUT2D eigenvalue weighted by Gasteiger charge is -2.29. The van der Waals surface area contributed by atoms with Gasteiger partial charge in [-0.1, -0.05) is 112 Å². The van der Waals surface area contributed by atoms with Crippen molar-refractivity contribution in [2.75, 3.05) is 0 Å². The second kappa shape index (κ2) is 6.76. The lowest BCUT2D eigenvalue weighted by molar-refractivity contribution is 0.626. The number of hydrogen-bond donors (Lipinski definition) is 0. The zero-order chi connectivity index (χ0) is 18.9. The molecule has 0 bridgehead atoms. The summed E-state index contributed by atoms with van der Waals surface area (Å²) in [6, 6.07) is 26.9. The van der Waals surface area contributed by atoms with Gasteiger partial charge in [0.2, 0.25) is 0 Å². The summed E-state index contributed by atoms with van der Waals surface area (Å²) in [5.41, 5.74) is 8.04. The second-order valence-corrected chi connectivity index (χ2v) is 8.56. The predicted molar refractivity (Wildman–Crippen MR) is 113 cm³/mol. The highest BCUT2D eigenvalue weighted by molar-refractivity contribution is 5.44. The van der Waals surface area contributed by atoms with E-state index in [4.69, 9.17) is 0 Å². The summed E-state index contributed by atoms with van der Waals surface area (Å²) >= 11 is 0. The molecule has 3 aromatic carbocycles. The topological polar surface area (TPSA) is 0 Å². The Morgan fingerprint density at radius 1 is 0.462 bits per heavy atom. The SMILES string of the molecule is Cc1ccc(C(C)(C)c2ccc(C(C)(C)c3cccc(C)c3)cc2)cc1. The van der Waals surface area contributed by atoms with Crippen molar-refractivity contribution in [3.8, 4) is 0 Å². The molecule has 0 atom stereocenters. The van der Waals surface area contributed by atoms with Crippen molar-refractivity contribution < 1.29 is 0 Å². The Hall–Kier alpha value is -2.34. The van der Waals surface area contributed by atoms with E-state index in [1.807, 2.05) is 0 Å². The first kappa shape index (κ1) is 18.5. The molecule has 3 aromatic rings. The van der Waals surface area contributed by atoms with Crippen LogP contribution in [0.3, 0.4) is 0 Å². The van der Waals surface area contributed by atoms with Crippen LogP contribution in [0.25, 0.3) is 0 Å². The molecule has 134 valence electrons. The van der Waals surface area contributed by atoms with Crippen LogP contribution < -0.4 is 0 Å². The van der Waals surface area contributed by atoms with E-state index in [0.29, 0.717) is 0 Å². The fourth-order valence-corrected chi connectivity index (χ4v) is 3.64. The first-order valence-corrected chi connectivity index (χ1v) is 9.46. The predicted octanol–water partition coefficient (Wildman–Crippen LogP) is 6.96. The molecule has 0 saturated heterocycles. The van der Waals surface area contributed by atoms with Crippen molar-refractivity contribution in [3.05, 3.63) is 106 Å². The van der Waals surface area contributed by atoms with Crippen LogP contribution in [0.2, 0.25) is 0 Å². The third-order valence-electron chi connectivity index (χ3n) is 5.84. The average molecular weight is 343 g/mol. The summed E-state index contributed by atoms with van der Waals surface area (Å²) in [5, 5.41) is 0. The van der Waals surface area contributed by atoms with E-state index in [9.17, 15) is 0 Å². The van der Waals surface area contributed by atoms with E-state index in [0.717, 1.165) is 0 Å². The van der Waals surface area contributed by atoms with Crippen molar-refractivity contribution in [2.24, 2.45) is 0 Å². The molecule has 0 unspecified atom stereocenters. The highest BCUT2D eigenvalue weighted by atomic mass is 14.3. The Labute approximate surface area is 158 Å². The highest BCUT2D eigenvalue weighted by Crippen LogP contribution is 2.35. The van der Waals surface area contributed by atoms with Crippen molar-refractivity contribution in [1.82, 2.24) is 0 Å². The third-order valence-corrected chi connectivity index (χ3v) is 5.84. The Balaban J connectivity index is 1.94. The molecule has 0 saturated carbocycles. The zero-order valence-corrected chi connectivity index (χ0v) is 16.9. The van der Waals surface area contributed by atoms with E-state index in [1.165, 1.54) is 33.4 Å². The minimum atomic E-state index is -0.00144. The fourth-order valence-electron chi connectivity index (χ4n) is 3.64. The molecule has 0 aromatic heterocycles. The molecule has 0 nitrogen and oxygen atoms in total. The summed E-state index contributed by atoms with van der Waals surface area (Å²) in [6.07, 6.45) is 0. The highest BCUT2D eigenvalue weighted by Gasteiger charge is 2.26. The van der Waals surface area contributed by atoms with Crippen LogP contribution in [-0.4, -0.2) is 0 Å². The van der Waals surface area contributed by atoms with Crippen LogP contribution in [0.4, 0.5) is 0 Å². The molecule has 0 heteroatoms. The average Bonchev–Trinajstić information content (AvgIpc) is 2.62. The van der Waals surface area contributed by atoms with Crippen molar-refractivity contribution in [1.29, 1.82) is 0 Å². The minimum Gasteiger partial charge on any atom is -0.0617 e. The maximum atomic E-state index is 2.31. The van der Waals surface area contributed by atoms with Crippen LogP contribution in [0, 0.1) is 13.8 Å². The molecule has 0 aliphatic rings. The standard InChI is InChI=1S/C26H30/c1-19-10-12-21(13-11-19)25(3,4)22-14-16-23(17-15-22)26(5,6)24-9-7-8-20(2)18-24/h7-18H,1-6H3. The van der Waals surface area contributed by atoms with Crippen molar-refractivity contribution in [2.45, 2.75) is 52.4 Å². The van der Waals surface area contributed by atoms with E-state index >= 15 is 0 Å². The molecule has 0 radical (unpaired) electrons. The molecular formula is C26H30. The monoisotopic (exact) mass is 342 g/mol. The molecule has 0 aliphatic carbocycles. The van der Waals surface area contributed by atoms with E-state index in [-0.39, 0.29) is 10.8 Å². The quantitative estimate of drug-likeness (QED) is 0.481. The Bertz CT molecular complexity index is 878. The Kier molecular flexibility index (Phi) is 4.80. The van der Waals surface area contributed by atoms with Crippen LogP contribution in [-0.2, 0) is 10.8 Å². The van der Waals surface area contributed by atoms with Crippen LogP contribution in [0.5, 0.6) is 0 Å². The van der Waals surface area contributed by atoms with Crippen LogP contribution in [0.15, 0.2) is 72.8 Å². The van der Waals surface area contributed by atoms with E-state index in [2.05, 4.69) is 114 Å². The van der Waals surface area contributed by atoms with Gasteiger partial charge in [0.05, 0.1) is 0 Å². The maximum absolute atomic E-state index is 2.31. The number of aryl methyl sites for hydroxylation is 2. The summed E-state index contributed by atoms with van der Waals surface area (Å²) in [4.78, 5) is 0. The molecule has 0 amide bonds. The first-order valence-electron chi connectivity index (χ1n) is 9.46. The normalized spacial score (nSPS) is 12.2. The van der Waals surface area contributed by atoms with E-state index in [1.54, 1.807) is 0 Å². The van der Waals surface area contributed by atoms with Gasteiger partial charge in [-0.05, 0) is 36.1 Å². The Morgan fingerprint density at radius 3 is 1.35 bits per heavy atom. The molecular weight excluding hydrogens is 312 g/mol. The maximum Gasteiger partial charge on any atom is 0.0146 e. The lowest BCUT2D eigenvalue weighted by Crippen LogP contribution is -2.21. The largest absolute Gasteiger partial charge is 0.0617 e. The number of benzene rings is 3. The Morgan fingerprint density at radius 2 is 0.885 bits per heavy atom. The summed E-state index contributed by atoms with van der Waals surface area (Å²) < 4.78 is 0. The molecule has 26 heavy (non-hydrogen) atoms. The van der Waals surface area contributed by atoms with Gasteiger partial charge in [-0.3, -0.25) is 0 Å². The summed E-state index contributed by atoms with van der Waals surface area (Å²) in [5.74, 6) is 0. The van der Waals surface area contributed by atoms with Gasteiger partial charge in [-0.15, -0.1) is 0 Å². The minimum absolute atomic E-state index is 0.000290. The molecule has 0 spiro atoms. The lowest BCUT2D eigenvalue weighted by atomic mass is 9.74. The molecule has 0 fully saturated rings. The fraction of sp³-hybridized carbons (Fsp3) is 0.308. The second-order valence-electron chi connectivity index (χ2n) is 8.56. The first-order chi connectivity index (χ1) is 12.2. The smallest absolute Gasteiger partial charge is 0.0146 e. The summed E-state index contributed by atoms with van der Waals surface area (Å²) in [7, 11) is 0. The molecule has 0 N–H and O–H groups in total. The summed E-state index contributed by atoms with van der Waals surface area (Å²) in [6.45, 7) is 13.5. The zero-order valence-electron chi connectivity index (χ0n) is 16.9.